The van der Waals surface area contributed by atoms with Crippen LogP contribution in [0, 0.1) is 6.92 Å². The van der Waals surface area contributed by atoms with Crippen LogP contribution in [0.4, 0.5) is 0 Å². The number of nitrogens with zero attached hydrogens (tertiary/aromatic N) is 1. The van der Waals surface area contributed by atoms with Crippen molar-refractivity contribution in [2.45, 2.75) is 56.0 Å². The summed E-state index contributed by atoms with van der Waals surface area (Å²) in [6, 6.07) is 39.3. The van der Waals surface area contributed by atoms with Gasteiger partial charge in [0.2, 0.25) is 10.0 Å². The van der Waals surface area contributed by atoms with Gasteiger partial charge in [0, 0.05) is 6.54 Å². The molecule has 0 bridgehead atoms. The maximum atomic E-state index is 14.0. The Kier molecular flexibility index (Phi) is 8.48. The molecule has 2 unspecified atom stereocenters. The molecule has 1 aliphatic rings. The van der Waals surface area contributed by atoms with Crippen LogP contribution in [-0.2, 0) is 14.8 Å². The summed E-state index contributed by atoms with van der Waals surface area (Å²) in [6.45, 7) is 9.22. The third-order valence-corrected chi connectivity index (χ3v) is 16.3. The largest absolute Gasteiger partial charge is 0.354 e. The van der Waals surface area contributed by atoms with Gasteiger partial charge in [-0.3, -0.25) is 0 Å². The lowest BCUT2D eigenvalue weighted by molar-refractivity contribution is 0.0628. The van der Waals surface area contributed by atoms with Crippen LogP contribution in [0.5, 0.6) is 0 Å². The quantitative estimate of drug-likeness (QED) is 0.224. The van der Waals surface area contributed by atoms with Gasteiger partial charge in [-0.1, -0.05) is 146 Å². The van der Waals surface area contributed by atoms with Crippen LogP contribution in [0.2, 0.25) is 11.1 Å². The molecule has 0 spiro atoms. The Morgan fingerprint density at radius 1 is 0.805 bits per heavy atom. The van der Waals surface area contributed by atoms with E-state index in [1.165, 1.54) is 10.4 Å². The minimum atomic E-state index is -3.79. The maximum absolute atomic E-state index is 14.0. The number of hydrogen-bond donors (Lipinski definition) is 0. The molecule has 0 aliphatic carbocycles. The lowest BCUT2D eigenvalue weighted by Crippen LogP contribution is -2.65. The normalized spacial score (nSPS) is 18.6. The molecular formula is C35H39NO3SSi. The second-order valence-electron chi connectivity index (χ2n) is 11.9. The van der Waals surface area contributed by atoms with Crippen molar-refractivity contribution in [3.05, 3.63) is 132 Å². The third-order valence-electron chi connectivity index (χ3n) is 8.23. The van der Waals surface area contributed by atoms with Gasteiger partial charge in [0.1, 0.15) is 14.3 Å². The predicted octanol–water partition coefficient (Wildman–Crippen LogP) is 6.49. The number of hydrogen-bond acceptors (Lipinski definition) is 3. The van der Waals surface area contributed by atoms with Gasteiger partial charge in [0.15, 0.2) is 0 Å². The molecule has 0 N–H and O–H groups in total. The molecule has 4 aromatic rings. The van der Waals surface area contributed by atoms with Crippen molar-refractivity contribution in [3.8, 4) is 0 Å². The minimum Gasteiger partial charge on any atom is -0.354 e. The lowest BCUT2D eigenvalue weighted by atomic mass is 10.2. The van der Waals surface area contributed by atoms with Crippen LogP contribution in [0.1, 0.15) is 31.9 Å². The van der Waals surface area contributed by atoms with Crippen molar-refractivity contribution in [1.29, 1.82) is 0 Å². The van der Waals surface area contributed by atoms with Crippen molar-refractivity contribution in [3.63, 3.8) is 0 Å². The third kappa shape index (κ3) is 6.02. The summed E-state index contributed by atoms with van der Waals surface area (Å²) in [4.78, 5) is 0.288. The molecular weight excluding hydrogens is 543 g/mol. The molecule has 0 amide bonds. The summed E-state index contributed by atoms with van der Waals surface area (Å²) in [6.07, 6.45) is 2.86. The Bertz CT molecular complexity index is 1530. The predicted molar refractivity (Wildman–Crippen MR) is 172 cm³/mol. The zero-order valence-electron chi connectivity index (χ0n) is 24.3. The fraction of sp³-hybridized carbons (Fsp3) is 0.257. The van der Waals surface area contributed by atoms with Crippen LogP contribution in [0.3, 0.4) is 0 Å². The second kappa shape index (κ2) is 11.9. The van der Waals surface area contributed by atoms with Gasteiger partial charge in [0.25, 0.3) is 0 Å². The molecule has 4 aromatic carbocycles. The number of benzene rings is 4. The van der Waals surface area contributed by atoms with Crippen LogP contribution in [-0.4, -0.2) is 39.7 Å². The highest BCUT2D eigenvalue weighted by Gasteiger charge is 2.51. The van der Waals surface area contributed by atoms with Crippen LogP contribution in [0.15, 0.2) is 126 Å². The Hall–Kier alpha value is -3.29. The van der Waals surface area contributed by atoms with Crippen LogP contribution >= 0.6 is 0 Å². The van der Waals surface area contributed by atoms with Crippen LogP contribution < -0.4 is 10.4 Å². The highest BCUT2D eigenvalue weighted by Crippen LogP contribution is 2.41. The van der Waals surface area contributed by atoms with Gasteiger partial charge >= 0.3 is 0 Å². The Balaban J connectivity index is 1.57. The first-order chi connectivity index (χ1) is 19.6. The summed E-state index contributed by atoms with van der Waals surface area (Å²) in [5.74, 6) is 0. The lowest BCUT2D eigenvalue weighted by Gasteiger charge is -2.45. The SMILES string of the molecule is Cc1ccc(S(=O)(=O)N2CC(C[Si](c3ccccc3)(c3ccccc3)C(C)(C)C)OC2/C=C/c2ccccc2)cc1. The molecule has 5 rings (SSSR count). The second-order valence-corrected chi connectivity index (χ2v) is 18.7. The molecule has 1 fully saturated rings. The molecule has 0 radical (unpaired) electrons. The highest BCUT2D eigenvalue weighted by atomic mass is 32.2. The maximum Gasteiger partial charge on any atom is 0.245 e. The van der Waals surface area contributed by atoms with E-state index in [4.69, 9.17) is 4.74 Å². The van der Waals surface area contributed by atoms with E-state index in [9.17, 15) is 8.42 Å². The van der Waals surface area contributed by atoms with Gasteiger partial charge in [-0.05, 0) is 41.8 Å². The van der Waals surface area contributed by atoms with E-state index in [0.29, 0.717) is 6.54 Å². The monoisotopic (exact) mass is 581 g/mol. The van der Waals surface area contributed by atoms with Gasteiger partial charge in [-0.2, -0.15) is 4.31 Å². The van der Waals surface area contributed by atoms with Gasteiger partial charge in [0.05, 0.1) is 11.0 Å². The van der Waals surface area contributed by atoms with Gasteiger partial charge in [-0.15, -0.1) is 0 Å². The minimum absolute atomic E-state index is 0.0578. The Morgan fingerprint density at radius 2 is 1.32 bits per heavy atom. The van der Waals surface area contributed by atoms with Crippen LogP contribution in [0.25, 0.3) is 6.08 Å². The molecule has 212 valence electrons. The van der Waals surface area contributed by atoms with E-state index in [0.717, 1.165) is 17.2 Å². The topological polar surface area (TPSA) is 46.6 Å². The van der Waals surface area contributed by atoms with Gasteiger partial charge < -0.3 is 4.74 Å². The number of sulfonamides is 1. The van der Waals surface area contributed by atoms with E-state index in [2.05, 4.69) is 81.4 Å². The number of ether oxygens (including phenoxy) is 1. The van der Waals surface area contributed by atoms with Crippen molar-refractivity contribution >= 4 is 34.5 Å². The average molecular weight is 582 g/mol. The average Bonchev–Trinajstić information content (AvgIpc) is 3.39. The summed E-state index contributed by atoms with van der Waals surface area (Å²) in [7, 11) is -6.27. The van der Waals surface area contributed by atoms with E-state index < -0.39 is 24.3 Å². The van der Waals surface area contributed by atoms with Crippen molar-refractivity contribution in [1.82, 2.24) is 4.31 Å². The number of aryl methyl sites for hydroxylation is 1. The first-order valence-corrected chi connectivity index (χ1v) is 17.8. The smallest absolute Gasteiger partial charge is 0.245 e. The summed E-state index contributed by atoms with van der Waals surface area (Å²) >= 11 is 0. The molecule has 1 aliphatic heterocycles. The van der Waals surface area contributed by atoms with E-state index in [-0.39, 0.29) is 16.0 Å². The molecule has 2 atom stereocenters. The summed E-state index contributed by atoms with van der Waals surface area (Å²) in [5, 5.41) is 2.61. The molecule has 6 heteroatoms. The van der Waals surface area contributed by atoms with E-state index in [1.54, 1.807) is 16.4 Å². The van der Waals surface area contributed by atoms with E-state index >= 15 is 0 Å². The molecule has 0 aromatic heterocycles. The summed E-state index contributed by atoms with van der Waals surface area (Å²) < 4.78 is 36.3. The zero-order valence-corrected chi connectivity index (χ0v) is 26.1. The fourth-order valence-corrected chi connectivity index (χ4v) is 13.2. The van der Waals surface area contributed by atoms with Crippen molar-refractivity contribution < 1.29 is 13.2 Å². The molecule has 4 nitrogen and oxygen atoms in total. The standard InChI is InChI=1S/C35H39NO3SSi/c1-28-20-23-31(24-21-28)40(37,38)36-26-30(39-34(36)25-22-29-14-8-5-9-15-29)27-41(35(2,3)4,32-16-10-6-11-17-32)33-18-12-7-13-19-33/h5-25,30,34H,26-27H2,1-4H3/b25-22+. The number of rotatable bonds is 8. The molecule has 0 saturated carbocycles. The van der Waals surface area contributed by atoms with Crippen molar-refractivity contribution in [2.24, 2.45) is 0 Å². The first kappa shape index (κ1) is 29.2. The fourth-order valence-electron chi connectivity index (χ4n) is 6.07. The Morgan fingerprint density at radius 3 is 1.83 bits per heavy atom. The van der Waals surface area contributed by atoms with E-state index in [1.807, 2.05) is 61.5 Å². The van der Waals surface area contributed by atoms with Gasteiger partial charge in [-0.25, -0.2) is 8.42 Å². The first-order valence-electron chi connectivity index (χ1n) is 14.2. The molecule has 41 heavy (non-hydrogen) atoms. The zero-order chi connectivity index (χ0) is 29.1. The Labute approximate surface area is 246 Å². The highest BCUT2D eigenvalue weighted by molar-refractivity contribution is 7.89. The molecule has 1 saturated heterocycles. The molecule has 1 heterocycles. The summed E-state index contributed by atoms with van der Waals surface area (Å²) in [5.41, 5.74) is 2.02. The van der Waals surface area contributed by atoms with Crippen molar-refractivity contribution in [2.75, 3.05) is 6.54 Å².